The van der Waals surface area contributed by atoms with Crippen LogP contribution in [-0.4, -0.2) is 43.7 Å². The van der Waals surface area contributed by atoms with Crippen LogP contribution in [0.5, 0.6) is 0 Å². The number of hydrogen-bond donors (Lipinski definition) is 1. The van der Waals surface area contributed by atoms with E-state index in [9.17, 15) is 9.59 Å². The highest BCUT2D eigenvalue weighted by molar-refractivity contribution is 5.86. The van der Waals surface area contributed by atoms with Crippen molar-refractivity contribution in [3.8, 4) is 0 Å². The molecule has 0 aliphatic rings. The fourth-order valence-corrected chi connectivity index (χ4v) is 0.606. The predicted octanol–water partition coefficient (Wildman–Crippen LogP) is 0.817. The fourth-order valence-electron chi connectivity index (χ4n) is 0.606. The number of carbonyl (C=O) groups is 2. The summed E-state index contributed by atoms with van der Waals surface area (Å²) in [7, 11) is 0. The zero-order valence-corrected chi connectivity index (χ0v) is 8.52. The monoisotopic (exact) mass is 218 g/mol. The first-order valence-corrected chi connectivity index (χ1v) is 4.30. The molecule has 0 saturated carbocycles. The Morgan fingerprint density at radius 3 is 2.13 bits per heavy atom. The third-order valence-electron chi connectivity index (χ3n) is 1.26. The molecule has 0 aromatic rings. The maximum atomic E-state index is 10.8. The SMILES string of the molecule is C=C(C)C(=O)OCCOCCOC(=O)O. The third-order valence-corrected chi connectivity index (χ3v) is 1.26. The summed E-state index contributed by atoms with van der Waals surface area (Å²) in [5, 5.41) is 8.09. The van der Waals surface area contributed by atoms with Gasteiger partial charge in [-0.05, 0) is 6.92 Å². The number of carboxylic acid groups (broad SMARTS) is 1. The van der Waals surface area contributed by atoms with Crippen LogP contribution in [0, 0.1) is 0 Å². The van der Waals surface area contributed by atoms with Gasteiger partial charge in [-0.2, -0.15) is 0 Å². The Labute approximate surface area is 87.4 Å². The molecule has 0 spiro atoms. The van der Waals surface area contributed by atoms with Crippen molar-refractivity contribution < 1.29 is 28.9 Å². The summed E-state index contributed by atoms with van der Waals surface area (Å²) in [5.74, 6) is -0.472. The van der Waals surface area contributed by atoms with E-state index in [1.807, 2.05) is 0 Å². The molecule has 1 N–H and O–H groups in total. The van der Waals surface area contributed by atoms with Gasteiger partial charge >= 0.3 is 12.1 Å². The molecule has 0 aliphatic carbocycles. The average Bonchev–Trinajstić information content (AvgIpc) is 2.15. The van der Waals surface area contributed by atoms with Gasteiger partial charge in [0.2, 0.25) is 0 Å². The normalized spacial score (nSPS) is 9.40. The molecule has 0 bridgehead atoms. The molecule has 6 nitrogen and oxygen atoms in total. The van der Waals surface area contributed by atoms with Crippen molar-refractivity contribution in [3.63, 3.8) is 0 Å². The molecule has 0 saturated heterocycles. The second-order valence-corrected chi connectivity index (χ2v) is 2.64. The Morgan fingerprint density at radius 2 is 1.67 bits per heavy atom. The topological polar surface area (TPSA) is 82.1 Å². The first-order chi connectivity index (χ1) is 7.04. The van der Waals surface area contributed by atoms with E-state index in [0.29, 0.717) is 5.57 Å². The molecule has 0 radical (unpaired) electrons. The lowest BCUT2D eigenvalue weighted by atomic mass is 10.4. The standard InChI is InChI=1S/C9H14O6/c1-7(2)8(10)14-5-3-13-4-6-15-9(11)12/h1,3-6H2,2H3,(H,11,12). The van der Waals surface area contributed by atoms with E-state index >= 15 is 0 Å². The number of rotatable bonds is 7. The van der Waals surface area contributed by atoms with Gasteiger partial charge < -0.3 is 19.3 Å². The Hall–Kier alpha value is -1.56. The minimum atomic E-state index is -1.34. The van der Waals surface area contributed by atoms with Crippen molar-refractivity contribution in [3.05, 3.63) is 12.2 Å². The molecule has 0 amide bonds. The molecule has 0 fully saturated rings. The summed E-state index contributed by atoms with van der Waals surface area (Å²) in [5.41, 5.74) is 0.323. The largest absolute Gasteiger partial charge is 0.505 e. The number of ether oxygens (including phenoxy) is 3. The lowest BCUT2D eigenvalue weighted by molar-refractivity contribution is -0.140. The molecular formula is C9H14O6. The van der Waals surface area contributed by atoms with Crippen molar-refractivity contribution in [2.45, 2.75) is 6.92 Å². The van der Waals surface area contributed by atoms with Crippen LogP contribution in [-0.2, 0) is 19.0 Å². The van der Waals surface area contributed by atoms with Gasteiger partial charge in [0.1, 0.15) is 13.2 Å². The maximum Gasteiger partial charge on any atom is 0.505 e. The van der Waals surface area contributed by atoms with Crippen LogP contribution >= 0.6 is 0 Å². The van der Waals surface area contributed by atoms with Gasteiger partial charge in [0, 0.05) is 5.57 Å². The van der Waals surface area contributed by atoms with Gasteiger partial charge in [0.25, 0.3) is 0 Å². The highest BCUT2D eigenvalue weighted by Gasteiger charge is 2.02. The maximum absolute atomic E-state index is 10.8. The van der Waals surface area contributed by atoms with Gasteiger partial charge in [-0.3, -0.25) is 0 Å². The lowest BCUT2D eigenvalue weighted by Gasteiger charge is -2.05. The number of hydrogen-bond acceptors (Lipinski definition) is 5. The minimum Gasteiger partial charge on any atom is -0.460 e. The average molecular weight is 218 g/mol. The summed E-state index contributed by atoms with van der Waals surface area (Å²) in [6.07, 6.45) is -1.34. The molecule has 0 aromatic carbocycles. The van der Waals surface area contributed by atoms with Crippen LogP contribution in [0.4, 0.5) is 4.79 Å². The van der Waals surface area contributed by atoms with E-state index in [2.05, 4.69) is 11.3 Å². The lowest BCUT2D eigenvalue weighted by Crippen LogP contribution is -2.14. The van der Waals surface area contributed by atoms with E-state index in [4.69, 9.17) is 14.6 Å². The van der Waals surface area contributed by atoms with Crippen LogP contribution in [0.25, 0.3) is 0 Å². The Morgan fingerprint density at radius 1 is 1.13 bits per heavy atom. The van der Waals surface area contributed by atoms with Crippen molar-refractivity contribution >= 4 is 12.1 Å². The molecule has 0 unspecified atom stereocenters. The second-order valence-electron chi connectivity index (χ2n) is 2.64. The Balaban J connectivity index is 3.22. The molecule has 86 valence electrons. The van der Waals surface area contributed by atoms with Crippen LogP contribution in [0.2, 0.25) is 0 Å². The Bertz CT molecular complexity index is 235. The van der Waals surface area contributed by atoms with Crippen molar-refractivity contribution in [1.29, 1.82) is 0 Å². The van der Waals surface area contributed by atoms with Crippen LogP contribution in [0.15, 0.2) is 12.2 Å². The Kier molecular flexibility index (Phi) is 7.00. The number of carbonyl (C=O) groups excluding carboxylic acids is 1. The molecular weight excluding hydrogens is 204 g/mol. The van der Waals surface area contributed by atoms with Crippen molar-refractivity contribution in [2.75, 3.05) is 26.4 Å². The summed E-state index contributed by atoms with van der Waals surface area (Å²) < 4.78 is 13.8. The zero-order chi connectivity index (χ0) is 11.7. The third kappa shape index (κ3) is 8.76. The van der Waals surface area contributed by atoms with E-state index in [1.54, 1.807) is 6.92 Å². The quantitative estimate of drug-likeness (QED) is 0.387. The smallest absolute Gasteiger partial charge is 0.460 e. The second kappa shape index (κ2) is 7.81. The van der Waals surface area contributed by atoms with Crippen LogP contribution in [0.1, 0.15) is 6.92 Å². The van der Waals surface area contributed by atoms with Gasteiger partial charge in [-0.1, -0.05) is 6.58 Å². The summed E-state index contributed by atoms with van der Waals surface area (Å²) in [6.45, 7) is 5.35. The zero-order valence-electron chi connectivity index (χ0n) is 8.52. The first kappa shape index (κ1) is 13.4. The van der Waals surface area contributed by atoms with Gasteiger partial charge in [0.15, 0.2) is 0 Å². The highest BCUT2D eigenvalue weighted by Crippen LogP contribution is 1.91. The van der Waals surface area contributed by atoms with E-state index in [-0.39, 0.29) is 26.4 Å². The summed E-state index contributed by atoms with van der Waals surface area (Å²) >= 11 is 0. The van der Waals surface area contributed by atoms with Crippen molar-refractivity contribution in [1.82, 2.24) is 0 Å². The molecule has 0 aromatic heterocycles. The minimum absolute atomic E-state index is 0.0379. The fraction of sp³-hybridized carbons (Fsp3) is 0.556. The van der Waals surface area contributed by atoms with E-state index in [0.717, 1.165) is 0 Å². The van der Waals surface area contributed by atoms with Gasteiger partial charge in [0.05, 0.1) is 13.2 Å². The summed E-state index contributed by atoms with van der Waals surface area (Å²) in [4.78, 5) is 20.7. The number of esters is 1. The van der Waals surface area contributed by atoms with Crippen LogP contribution < -0.4 is 0 Å². The highest BCUT2D eigenvalue weighted by atomic mass is 16.7. The van der Waals surface area contributed by atoms with Crippen molar-refractivity contribution in [2.24, 2.45) is 0 Å². The molecule has 15 heavy (non-hydrogen) atoms. The van der Waals surface area contributed by atoms with Gasteiger partial charge in [-0.15, -0.1) is 0 Å². The molecule has 6 heteroatoms. The molecule has 0 rings (SSSR count). The molecule has 0 atom stereocenters. The predicted molar refractivity (Wildman–Crippen MR) is 50.6 cm³/mol. The first-order valence-electron chi connectivity index (χ1n) is 4.30. The molecule has 0 aliphatic heterocycles. The molecule has 0 heterocycles. The summed E-state index contributed by atoms with van der Waals surface area (Å²) in [6, 6.07) is 0. The van der Waals surface area contributed by atoms with Gasteiger partial charge in [-0.25, -0.2) is 9.59 Å². The van der Waals surface area contributed by atoms with Crippen LogP contribution in [0.3, 0.4) is 0 Å². The van der Waals surface area contributed by atoms with E-state index in [1.165, 1.54) is 0 Å². The van der Waals surface area contributed by atoms with E-state index < -0.39 is 12.1 Å².